The van der Waals surface area contributed by atoms with Gasteiger partial charge in [0.25, 0.3) is 0 Å². The van der Waals surface area contributed by atoms with E-state index >= 15 is 0 Å². The summed E-state index contributed by atoms with van der Waals surface area (Å²) in [5.41, 5.74) is 0.297. The number of rotatable bonds is 6. The van der Waals surface area contributed by atoms with Gasteiger partial charge in [-0.1, -0.05) is 20.8 Å². The molecule has 1 saturated heterocycles. The smallest absolute Gasteiger partial charge is 0.192 e. The average Bonchev–Trinajstić information content (AvgIpc) is 3.05. The predicted molar refractivity (Wildman–Crippen MR) is 78.2 cm³/mol. The van der Waals surface area contributed by atoms with Crippen molar-refractivity contribution in [3.8, 4) is 5.75 Å². The molecule has 0 radical (unpaired) electrons. The predicted octanol–water partition coefficient (Wildman–Crippen LogP) is 2.12. The molecule has 0 aliphatic carbocycles. The fraction of sp³-hybridized carbons (Fsp3) is 0.733. The summed E-state index contributed by atoms with van der Waals surface area (Å²) in [4.78, 5) is 13.2. The van der Waals surface area contributed by atoms with E-state index in [1.165, 1.54) is 0 Å². The van der Waals surface area contributed by atoms with E-state index in [0.717, 1.165) is 32.5 Å². The van der Waals surface area contributed by atoms with Gasteiger partial charge in [0.05, 0.1) is 18.7 Å². The van der Waals surface area contributed by atoms with Crippen molar-refractivity contribution in [2.45, 2.75) is 40.2 Å². The zero-order valence-electron chi connectivity index (χ0n) is 12.9. The van der Waals surface area contributed by atoms with Gasteiger partial charge in [-0.05, 0) is 25.3 Å². The normalized spacial score (nSPS) is 22.4. The number of aryl methyl sites for hydroxylation is 1. The van der Waals surface area contributed by atoms with Crippen LogP contribution in [0.2, 0.25) is 0 Å². The lowest BCUT2D eigenvalue weighted by Crippen LogP contribution is -2.39. The lowest BCUT2D eigenvalue weighted by molar-refractivity contribution is 0.0724. The minimum absolute atomic E-state index is 0.167. The molecule has 1 fully saturated rings. The highest BCUT2D eigenvalue weighted by molar-refractivity contribution is 6.02. The van der Waals surface area contributed by atoms with Gasteiger partial charge in [-0.25, -0.2) is 0 Å². The van der Waals surface area contributed by atoms with Crippen LogP contribution in [0.4, 0.5) is 0 Å². The monoisotopic (exact) mass is 279 g/mol. The first-order valence-electron chi connectivity index (χ1n) is 7.42. The number of Topliss-reactive ketones (excluding diaryl/α,β-unsaturated/α-hetero) is 1. The number of carbonyl (C=O) groups is 1. The Bertz CT molecular complexity index is 473. The third-order valence-electron chi connectivity index (χ3n) is 4.42. The number of ether oxygens (including phenoxy) is 1. The fourth-order valence-corrected chi connectivity index (χ4v) is 3.02. The van der Waals surface area contributed by atoms with E-state index in [0.29, 0.717) is 17.4 Å². The Morgan fingerprint density at radius 1 is 1.60 bits per heavy atom. The molecular weight excluding hydrogens is 254 g/mol. The zero-order valence-corrected chi connectivity index (χ0v) is 12.9. The molecular formula is C15H25N3O2. The Labute approximate surface area is 120 Å². The van der Waals surface area contributed by atoms with E-state index in [9.17, 15) is 4.79 Å². The average molecular weight is 279 g/mol. The number of aromatic nitrogens is 2. The van der Waals surface area contributed by atoms with Gasteiger partial charge in [-0.3, -0.25) is 9.48 Å². The molecule has 0 aromatic carbocycles. The molecule has 2 rings (SSSR count). The van der Waals surface area contributed by atoms with E-state index < -0.39 is 0 Å². The van der Waals surface area contributed by atoms with Gasteiger partial charge in [0.2, 0.25) is 0 Å². The van der Waals surface area contributed by atoms with Crippen LogP contribution < -0.4 is 10.1 Å². The van der Waals surface area contributed by atoms with Crippen molar-refractivity contribution in [2.24, 2.45) is 11.3 Å². The minimum atomic E-state index is -0.335. The molecule has 1 atom stereocenters. The van der Waals surface area contributed by atoms with Gasteiger partial charge in [0.1, 0.15) is 5.69 Å². The van der Waals surface area contributed by atoms with Gasteiger partial charge < -0.3 is 10.1 Å². The second-order valence-electron chi connectivity index (χ2n) is 5.85. The second kappa shape index (κ2) is 5.95. The number of ketones is 1. The number of nitrogens with one attached hydrogen (secondary N) is 1. The van der Waals surface area contributed by atoms with Crippen LogP contribution in [0.15, 0.2) is 6.20 Å². The molecule has 112 valence electrons. The van der Waals surface area contributed by atoms with Crippen LogP contribution in [0.5, 0.6) is 5.75 Å². The van der Waals surface area contributed by atoms with E-state index in [1.807, 2.05) is 0 Å². The van der Waals surface area contributed by atoms with Gasteiger partial charge in [0.15, 0.2) is 11.5 Å². The van der Waals surface area contributed by atoms with Gasteiger partial charge >= 0.3 is 0 Å². The first-order valence-corrected chi connectivity index (χ1v) is 7.42. The van der Waals surface area contributed by atoms with Crippen LogP contribution in [0.1, 0.15) is 44.1 Å². The fourth-order valence-electron chi connectivity index (χ4n) is 3.02. The molecule has 0 saturated carbocycles. The first kappa shape index (κ1) is 15.0. The Morgan fingerprint density at radius 2 is 2.35 bits per heavy atom. The largest absolute Gasteiger partial charge is 0.493 e. The molecule has 5 heteroatoms. The summed E-state index contributed by atoms with van der Waals surface area (Å²) in [7, 11) is 1.60. The van der Waals surface area contributed by atoms with Crippen molar-refractivity contribution in [2.75, 3.05) is 20.2 Å². The Hall–Kier alpha value is -1.36. The van der Waals surface area contributed by atoms with Crippen LogP contribution in [0, 0.1) is 11.3 Å². The highest BCUT2D eigenvalue weighted by atomic mass is 16.5. The van der Waals surface area contributed by atoms with Crippen LogP contribution in [0.3, 0.4) is 0 Å². The molecule has 5 nitrogen and oxygen atoms in total. The van der Waals surface area contributed by atoms with Crippen molar-refractivity contribution in [3.05, 3.63) is 11.9 Å². The molecule has 0 amide bonds. The van der Waals surface area contributed by atoms with Crippen LogP contribution in [0.25, 0.3) is 0 Å². The van der Waals surface area contributed by atoms with Gasteiger partial charge in [0, 0.05) is 13.1 Å². The third-order valence-corrected chi connectivity index (χ3v) is 4.42. The summed E-state index contributed by atoms with van der Waals surface area (Å²) in [5, 5.41) is 7.65. The number of nitrogens with zero attached hydrogens (tertiary/aromatic N) is 2. The molecule has 1 aliphatic rings. The number of hydrogen-bond donors (Lipinski definition) is 1. The molecule has 1 N–H and O–H groups in total. The maximum Gasteiger partial charge on any atom is 0.192 e. The first-order chi connectivity index (χ1) is 9.56. The summed E-state index contributed by atoms with van der Waals surface area (Å²) in [6.07, 6.45) is 3.47. The SMILES string of the molecule is CCCn1ncc(OC)c1C(=O)C1(C(C)C)CCNC1. The number of hydrogen-bond acceptors (Lipinski definition) is 4. The summed E-state index contributed by atoms with van der Waals surface area (Å²) in [6.45, 7) is 8.71. The molecule has 1 aromatic rings. The summed E-state index contributed by atoms with van der Waals surface area (Å²) in [5.74, 6) is 1.05. The van der Waals surface area contributed by atoms with Crippen molar-refractivity contribution in [1.29, 1.82) is 0 Å². The maximum atomic E-state index is 13.2. The Kier molecular flexibility index (Phi) is 4.48. The van der Waals surface area contributed by atoms with Crippen LogP contribution in [-0.2, 0) is 6.54 Å². The molecule has 0 bridgehead atoms. The standard InChI is InChI=1S/C15H25N3O2/c1-5-8-18-13(12(20-4)9-17-18)14(19)15(11(2)3)6-7-16-10-15/h9,11,16H,5-8,10H2,1-4H3. The van der Waals surface area contributed by atoms with Crippen LogP contribution >= 0.6 is 0 Å². The Morgan fingerprint density at radius 3 is 2.85 bits per heavy atom. The Balaban J connectivity index is 2.43. The molecule has 2 heterocycles. The lowest BCUT2D eigenvalue weighted by Gasteiger charge is -2.31. The van der Waals surface area contributed by atoms with Gasteiger partial charge in [-0.15, -0.1) is 0 Å². The van der Waals surface area contributed by atoms with Crippen molar-refractivity contribution in [3.63, 3.8) is 0 Å². The third kappa shape index (κ3) is 2.35. The molecule has 0 spiro atoms. The van der Waals surface area contributed by atoms with Crippen molar-refractivity contribution >= 4 is 5.78 Å². The maximum absolute atomic E-state index is 13.2. The zero-order chi connectivity index (χ0) is 14.8. The van der Waals surface area contributed by atoms with E-state index in [2.05, 4.69) is 31.2 Å². The van der Waals surface area contributed by atoms with E-state index in [1.54, 1.807) is 18.0 Å². The topological polar surface area (TPSA) is 56.2 Å². The number of carbonyl (C=O) groups excluding carboxylic acids is 1. The summed E-state index contributed by atoms with van der Waals surface area (Å²) in [6, 6.07) is 0. The highest BCUT2D eigenvalue weighted by Crippen LogP contribution is 2.39. The van der Waals surface area contributed by atoms with Crippen LogP contribution in [-0.4, -0.2) is 35.8 Å². The molecule has 1 unspecified atom stereocenters. The van der Waals surface area contributed by atoms with Gasteiger partial charge in [-0.2, -0.15) is 5.10 Å². The summed E-state index contributed by atoms with van der Waals surface area (Å²) >= 11 is 0. The van der Waals surface area contributed by atoms with E-state index in [4.69, 9.17) is 4.74 Å². The molecule has 1 aromatic heterocycles. The minimum Gasteiger partial charge on any atom is -0.493 e. The van der Waals surface area contributed by atoms with Crippen molar-refractivity contribution in [1.82, 2.24) is 15.1 Å². The molecule has 20 heavy (non-hydrogen) atoms. The summed E-state index contributed by atoms with van der Waals surface area (Å²) < 4.78 is 7.15. The lowest BCUT2D eigenvalue weighted by atomic mass is 9.72. The van der Waals surface area contributed by atoms with Crippen molar-refractivity contribution < 1.29 is 9.53 Å². The number of methoxy groups -OCH3 is 1. The van der Waals surface area contributed by atoms with E-state index in [-0.39, 0.29) is 11.2 Å². The molecule has 1 aliphatic heterocycles. The second-order valence-corrected chi connectivity index (χ2v) is 5.85. The highest BCUT2D eigenvalue weighted by Gasteiger charge is 2.46. The quantitative estimate of drug-likeness (QED) is 0.810.